The lowest BCUT2D eigenvalue weighted by Crippen LogP contribution is -2.50. The largest absolute Gasteiger partial charge is 0.496 e. The first kappa shape index (κ1) is 24.8. The molecule has 0 amide bonds. The highest BCUT2D eigenvalue weighted by Gasteiger charge is 2.27. The maximum Gasteiger partial charge on any atom is 0.145 e. The van der Waals surface area contributed by atoms with Gasteiger partial charge in [0.1, 0.15) is 17.0 Å². The molecular formula is C30H40N4O2. The summed E-state index contributed by atoms with van der Waals surface area (Å²) in [5.74, 6) is 1.90. The maximum atomic E-state index is 5.62. The fourth-order valence-corrected chi connectivity index (χ4v) is 6.08. The smallest absolute Gasteiger partial charge is 0.145 e. The molecule has 2 aromatic carbocycles. The van der Waals surface area contributed by atoms with Crippen molar-refractivity contribution in [3.8, 4) is 11.5 Å². The number of para-hydroxylation sites is 1. The van der Waals surface area contributed by atoms with Crippen molar-refractivity contribution in [2.45, 2.75) is 38.6 Å². The SMILES string of the molecule is CCCN(CCN1CCN(c2ccnc3c(OC)cccc23)CC1)[C@H]1CCc2c(cccc2OC)C1. The highest BCUT2D eigenvalue weighted by atomic mass is 16.5. The van der Waals surface area contributed by atoms with E-state index < -0.39 is 0 Å². The number of aromatic nitrogens is 1. The van der Waals surface area contributed by atoms with Crippen molar-refractivity contribution in [2.75, 3.05) is 64.9 Å². The van der Waals surface area contributed by atoms with Gasteiger partial charge in [-0.2, -0.15) is 0 Å². The third kappa shape index (κ3) is 5.16. The summed E-state index contributed by atoms with van der Waals surface area (Å²) in [4.78, 5) is 12.5. The summed E-state index contributed by atoms with van der Waals surface area (Å²) in [6.07, 6.45) is 6.59. The Morgan fingerprint density at radius 2 is 1.72 bits per heavy atom. The summed E-state index contributed by atoms with van der Waals surface area (Å²) >= 11 is 0. The van der Waals surface area contributed by atoms with E-state index in [0.29, 0.717) is 6.04 Å². The first-order valence-electron chi connectivity index (χ1n) is 13.5. The minimum absolute atomic E-state index is 0.629. The van der Waals surface area contributed by atoms with Gasteiger partial charge < -0.3 is 14.4 Å². The Balaban J connectivity index is 1.19. The zero-order valence-electron chi connectivity index (χ0n) is 22.1. The molecule has 1 atom stereocenters. The van der Waals surface area contributed by atoms with Crippen molar-refractivity contribution >= 4 is 16.6 Å². The molecule has 3 aromatic rings. The number of nitrogens with zero attached hydrogens (tertiary/aromatic N) is 4. The van der Waals surface area contributed by atoms with E-state index in [0.717, 1.165) is 69.1 Å². The molecule has 6 nitrogen and oxygen atoms in total. The van der Waals surface area contributed by atoms with Gasteiger partial charge in [-0.05, 0) is 61.6 Å². The molecule has 1 fully saturated rings. The Morgan fingerprint density at radius 1 is 0.944 bits per heavy atom. The van der Waals surface area contributed by atoms with Gasteiger partial charge in [0.2, 0.25) is 0 Å². The number of pyridine rings is 1. The minimum Gasteiger partial charge on any atom is -0.496 e. The van der Waals surface area contributed by atoms with Crippen LogP contribution in [0.3, 0.4) is 0 Å². The molecule has 0 N–H and O–H groups in total. The third-order valence-corrected chi connectivity index (χ3v) is 8.01. The van der Waals surface area contributed by atoms with Crippen molar-refractivity contribution in [3.63, 3.8) is 0 Å². The van der Waals surface area contributed by atoms with Crippen LogP contribution >= 0.6 is 0 Å². The molecule has 2 aliphatic rings. The van der Waals surface area contributed by atoms with E-state index in [1.807, 2.05) is 12.3 Å². The van der Waals surface area contributed by atoms with Crippen molar-refractivity contribution in [1.82, 2.24) is 14.8 Å². The molecule has 0 unspecified atom stereocenters. The van der Waals surface area contributed by atoms with Gasteiger partial charge >= 0.3 is 0 Å². The van der Waals surface area contributed by atoms with Crippen LogP contribution in [0.15, 0.2) is 48.7 Å². The predicted octanol–water partition coefficient (Wildman–Crippen LogP) is 4.64. The molecule has 0 bridgehead atoms. The summed E-state index contributed by atoms with van der Waals surface area (Å²) in [7, 11) is 3.51. The normalized spacial score (nSPS) is 18.4. The van der Waals surface area contributed by atoms with E-state index in [9.17, 15) is 0 Å². The van der Waals surface area contributed by atoms with Crippen LogP contribution in [0.4, 0.5) is 5.69 Å². The van der Waals surface area contributed by atoms with Crippen molar-refractivity contribution in [2.24, 2.45) is 0 Å². The first-order valence-corrected chi connectivity index (χ1v) is 13.5. The summed E-state index contributed by atoms with van der Waals surface area (Å²) in [5.41, 5.74) is 5.11. The second-order valence-corrected chi connectivity index (χ2v) is 10.0. The van der Waals surface area contributed by atoms with Crippen LogP contribution in [0.2, 0.25) is 0 Å². The van der Waals surface area contributed by atoms with Gasteiger partial charge in [-0.15, -0.1) is 0 Å². The van der Waals surface area contributed by atoms with Gasteiger partial charge in [0.15, 0.2) is 0 Å². The molecule has 1 aromatic heterocycles. The van der Waals surface area contributed by atoms with Gasteiger partial charge in [0.25, 0.3) is 0 Å². The Morgan fingerprint density at radius 3 is 2.50 bits per heavy atom. The second kappa shape index (κ2) is 11.5. The van der Waals surface area contributed by atoms with E-state index in [4.69, 9.17) is 9.47 Å². The molecule has 192 valence electrons. The lowest BCUT2D eigenvalue weighted by atomic mass is 9.86. The number of rotatable bonds is 9. The molecule has 1 aliphatic heterocycles. The molecule has 0 spiro atoms. The monoisotopic (exact) mass is 488 g/mol. The summed E-state index contributed by atoms with van der Waals surface area (Å²) < 4.78 is 11.2. The Labute approximate surface area is 215 Å². The molecule has 0 saturated carbocycles. The number of benzene rings is 2. The molecule has 2 heterocycles. The Bertz CT molecular complexity index is 1160. The van der Waals surface area contributed by atoms with Crippen LogP contribution in [0, 0.1) is 0 Å². The first-order chi connectivity index (χ1) is 17.7. The average molecular weight is 489 g/mol. The quantitative estimate of drug-likeness (QED) is 0.437. The Kier molecular flexibility index (Phi) is 7.93. The molecule has 36 heavy (non-hydrogen) atoms. The summed E-state index contributed by atoms with van der Waals surface area (Å²) in [6.45, 7) is 10.0. The van der Waals surface area contributed by atoms with E-state index >= 15 is 0 Å². The number of methoxy groups -OCH3 is 2. The van der Waals surface area contributed by atoms with E-state index in [2.05, 4.69) is 63.0 Å². The van der Waals surface area contributed by atoms with Crippen LogP contribution in [0.25, 0.3) is 10.9 Å². The van der Waals surface area contributed by atoms with Gasteiger partial charge in [0, 0.05) is 62.6 Å². The van der Waals surface area contributed by atoms with Crippen molar-refractivity contribution < 1.29 is 9.47 Å². The minimum atomic E-state index is 0.629. The van der Waals surface area contributed by atoms with Crippen LogP contribution in [-0.4, -0.2) is 80.9 Å². The topological polar surface area (TPSA) is 41.1 Å². The summed E-state index contributed by atoms with van der Waals surface area (Å²) in [5, 5.41) is 1.17. The third-order valence-electron chi connectivity index (χ3n) is 8.01. The van der Waals surface area contributed by atoms with Crippen LogP contribution < -0.4 is 14.4 Å². The lowest BCUT2D eigenvalue weighted by Gasteiger charge is -2.39. The molecule has 0 radical (unpaired) electrons. The number of piperazine rings is 1. The van der Waals surface area contributed by atoms with Crippen molar-refractivity contribution in [3.05, 3.63) is 59.8 Å². The Hall–Kier alpha value is -2.83. The highest BCUT2D eigenvalue weighted by molar-refractivity contribution is 5.95. The van der Waals surface area contributed by atoms with Gasteiger partial charge in [-0.1, -0.05) is 31.2 Å². The number of anilines is 1. The predicted molar refractivity (Wildman–Crippen MR) is 148 cm³/mol. The second-order valence-electron chi connectivity index (χ2n) is 10.0. The zero-order chi connectivity index (χ0) is 24.9. The van der Waals surface area contributed by atoms with Gasteiger partial charge in [-0.3, -0.25) is 14.8 Å². The van der Waals surface area contributed by atoms with Gasteiger partial charge in [0.05, 0.1) is 14.2 Å². The molecule has 5 rings (SSSR count). The van der Waals surface area contributed by atoms with Crippen LogP contribution in [0.1, 0.15) is 30.9 Å². The number of fused-ring (bicyclic) bond motifs is 2. The maximum absolute atomic E-state index is 5.62. The van der Waals surface area contributed by atoms with E-state index in [1.165, 1.54) is 41.6 Å². The van der Waals surface area contributed by atoms with Crippen LogP contribution in [0.5, 0.6) is 11.5 Å². The van der Waals surface area contributed by atoms with Crippen molar-refractivity contribution in [1.29, 1.82) is 0 Å². The average Bonchev–Trinajstić information content (AvgIpc) is 2.94. The lowest BCUT2D eigenvalue weighted by molar-refractivity contribution is 0.145. The zero-order valence-corrected chi connectivity index (χ0v) is 22.1. The summed E-state index contributed by atoms with van der Waals surface area (Å²) in [6, 6.07) is 15.5. The molecular weight excluding hydrogens is 448 g/mol. The standard InChI is InChI=1S/C30H40N4O2/c1-4-15-33(24-11-12-25-23(22-24)7-5-9-28(25)35-2)19-16-32-17-20-34(21-18-32)27-13-14-31-30-26(27)8-6-10-29(30)36-3/h5-10,13-14,24H,4,11-12,15-22H2,1-3H3/t24-/m0/s1. The fourth-order valence-electron chi connectivity index (χ4n) is 6.08. The highest BCUT2D eigenvalue weighted by Crippen LogP contribution is 2.33. The molecule has 6 heteroatoms. The van der Waals surface area contributed by atoms with Gasteiger partial charge in [-0.25, -0.2) is 0 Å². The van der Waals surface area contributed by atoms with E-state index in [1.54, 1.807) is 14.2 Å². The molecule has 1 saturated heterocycles. The number of hydrogen-bond acceptors (Lipinski definition) is 6. The fraction of sp³-hybridized carbons (Fsp3) is 0.500. The molecule has 1 aliphatic carbocycles. The number of ether oxygens (including phenoxy) is 2. The van der Waals surface area contributed by atoms with Crippen LogP contribution in [-0.2, 0) is 12.8 Å². The van der Waals surface area contributed by atoms with E-state index in [-0.39, 0.29) is 0 Å². The number of hydrogen-bond donors (Lipinski definition) is 0.